The SMILES string of the molecule is Cc1ccc(S(=O)(=O)Oc2ccc(N=Nc3ccc(-c4ccc(N=Nc5c(N)c(S(=O)(=O)[O-])cc6cc(S(=O)(=O)[O-])ccc56)cc4)cc3)cc2)cc1.[Na+].[Na+]. The number of hydrogen-bond acceptors (Lipinski definition) is 14. The van der Waals surface area contributed by atoms with Crippen LogP contribution in [0.5, 0.6) is 5.75 Å². The first-order valence-corrected chi connectivity index (χ1v) is 19.2. The van der Waals surface area contributed by atoms with E-state index < -0.39 is 45.8 Å². The fourth-order valence-electron chi connectivity index (χ4n) is 4.94. The summed E-state index contributed by atoms with van der Waals surface area (Å²) >= 11 is 0. The Balaban J connectivity index is 0.00000325. The maximum Gasteiger partial charge on any atom is 1.00 e. The van der Waals surface area contributed by atoms with E-state index in [0.29, 0.717) is 17.1 Å². The smallest absolute Gasteiger partial charge is 0.744 e. The molecular weight excluding hydrogens is 777 g/mol. The number of benzene rings is 6. The van der Waals surface area contributed by atoms with Crippen molar-refractivity contribution < 1.29 is 97.7 Å². The maximum absolute atomic E-state index is 12.5. The second kappa shape index (κ2) is 17.3. The summed E-state index contributed by atoms with van der Waals surface area (Å²) in [5.74, 6) is 0.132. The zero-order valence-corrected chi connectivity index (χ0v) is 35.3. The van der Waals surface area contributed by atoms with Crippen LogP contribution in [0.25, 0.3) is 21.9 Å². The minimum absolute atomic E-state index is 0. The van der Waals surface area contributed by atoms with Crippen LogP contribution in [0.3, 0.4) is 0 Å². The molecule has 0 aliphatic carbocycles. The van der Waals surface area contributed by atoms with Crippen LogP contribution in [-0.2, 0) is 30.4 Å². The van der Waals surface area contributed by atoms with Gasteiger partial charge in [-0.15, -0.1) is 5.11 Å². The van der Waals surface area contributed by atoms with E-state index in [9.17, 15) is 34.4 Å². The number of fused-ring (bicyclic) bond motifs is 1. The van der Waals surface area contributed by atoms with Crippen molar-refractivity contribution in [1.82, 2.24) is 0 Å². The Labute approximate surface area is 355 Å². The first kappa shape index (κ1) is 42.9. The van der Waals surface area contributed by atoms with Gasteiger partial charge in [0.05, 0.1) is 32.5 Å². The molecule has 54 heavy (non-hydrogen) atoms. The van der Waals surface area contributed by atoms with Gasteiger partial charge in [0.15, 0.2) is 0 Å². The zero-order chi connectivity index (χ0) is 37.3. The Hall–Kier alpha value is -3.85. The van der Waals surface area contributed by atoms with Crippen LogP contribution < -0.4 is 69.0 Å². The van der Waals surface area contributed by atoms with E-state index in [1.165, 1.54) is 30.3 Å². The fraction of sp³-hybridized carbons (Fsp3) is 0.0286. The summed E-state index contributed by atoms with van der Waals surface area (Å²) in [6.07, 6.45) is 0. The van der Waals surface area contributed by atoms with Gasteiger partial charge < -0.3 is 19.0 Å². The largest absolute Gasteiger partial charge is 1.00 e. The fourth-order valence-corrected chi connectivity index (χ4v) is 7.01. The van der Waals surface area contributed by atoms with Crippen LogP contribution in [0, 0.1) is 6.92 Å². The van der Waals surface area contributed by atoms with Crippen LogP contribution in [0.4, 0.5) is 28.4 Å². The number of rotatable bonds is 10. The number of nitrogens with zero attached hydrogens (tertiary/aromatic N) is 4. The van der Waals surface area contributed by atoms with Gasteiger partial charge in [0, 0.05) is 5.39 Å². The predicted octanol–water partition coefficient (Wildman–Crippen LogP) is 1.81. The van der Waals surface area contributed by atoms with E-state index >= 15 is 0 Å². The van der Waals surface area contributed by atoms with Gasteiger partial charge in [-0.3, -0.25) is 0 Å². The topological polar surface area (TPSA) is 233 Å². The van der Waals surface area contributed by atoms with Crippen molar-refractivity contribution in [2.45, 2.75) is 21.6 Å². The third kappa shape index (κ3) is 10.3. The summed E-state index contributed by atoms with van der Waals surface area (Å²) in [5.41, 5.74) is 9.28. The average Bonchev–Trinajstić information content (AvgIpc) is 3.10. The van der Waals surface area contributed by atoms with Crippen molar-refractivity contribution in [3.8, 4) is 16.9 Å². The molecule has 0 saturated heterocycles. The van der Waals surface area contributed by atoms with Gasteiger partial charge in [-0.05, 0) is 102 Å². The maximum atomic E-state index is 12.5. The molecule has 0 aromatic heterocycles. The van der Waals surface area contributed by atoms with Gasteiger partial charge in [-0.2, -0.15) is 23.8 Å². The number of nitrogens with two attached hydrogens (primary N) is 1. The third-order valence-electron chi connectivity index (χ3n) is 7.61. The van der Waals surface area contributed by atoms with Crippen LogP contribution in [-0.4, -0.2) is 34.4 Å². The zero-order valence-electron chi connectivity index (χ0n) is 28.8. The molecule has 6 aromatic rings. The molecule has 0 bridgehead atoms. The molecule has 0 aliphatic rings. The monoisotopic (exact) mass is 801 g/mol. The quantitative estimate of drug-likeness (QED) is 0.0694. The van der Waals surface area contributed by atoms with Gasteiger partial charge >= 0.3 is 69.2 Å². The van der Waals surface area contributed by atoms with Gasteiger partial charge in [0.25, 0.3) is 0 Å². The Morgan fingerprint density at radius 1 is 0.556 bits per heavy atom. The average molecular weight is 802 g/mol. The second-order valence-corrected chi connectivity index (χ2v) is 15.5. The molecule has 264 valence electrons. The summed E-state index contributed by atoms with van der Waals surface area (Å²) in [5, 5.41) is 16.8. The molecule has 0 radical (unpaired) electrons. The second-order valence-electron chi connectivity index (χ2n) is 11.3. The summed E-state index contributed by atoms with van der Waals surface area (Å²) in [7, 11) is -13.9. The molecule has 0 spiro atoms. The molecule has 0 amide bonds. The van der Waals surface area contributed by atoms with Crippen LogP contribution >= 0.6 is 0 Å². The van der Waals surface area contributed by atoms with Gasteiger partial charge in [-0.1, -0.05) is 48.0 Å². The molecule has 6 rings (SSSR count). The van der Waals surface area contributed by atoms with Gasteiger partial charge in [0.2, 0.25) is 0 Å². The van der Waals surface area contributed by atoms with Crippen molar-refractivity contribution >= 4 is 69.6 Å². The van der Waals surface area contributed by atoms with E-state index in [2.05, 4.69) is 20.5 Å². The standard InChI is InChI=1S/C35H27N5O9S3.2Na/c1-22-2-16-30(17-3-22)52(47,48)49-29-14-12-28(13-15-29)38-37-26-8-4-23(5-9-26)24-6-10-27(11-7-24)39-40-35-32-19-18-31(50(41,42)43)20-25(32)21-33(34(35)36)51(44,45)46;;/h2-21H,36H2,1H3,(H,41,42,43)(H,44,45,46);;/q;2*+1/p-2. The van der Waals surface area contributed by atoms with E-state index in [1.807, 2.05) is 19.1 Å². The summed E-state index contributed by atoms with van der Waals surface area (Å²) < 4.78 is 100. The molecule has 0 fully saturated rings. The van der Waals surface area contributed by atoms with Crippen molar-refractivity contribution in [3.05, 3.63) is 127 Å². The Morgan fingerprint density at radius 2 is 1.02 bits per heavy atom. The summed E-state index contributed by atoms with van der Waals surface area (Å²) in [4.78, 5) is -1.41. The van der Waals surface area contributed by atoms with Crippen LogP contribution in [0.1, 0.15) is 5.56 Å². The minimum atomic E-state index is -5.09. The molecule has 2 N–H and O–H groups in total. The molecule has 14 nitrogen and oxygen atoms in total. The Morgan fingerprint density at radius 3 is 1.50 bits per heavy atom. The van der Waals surface area contributed by atoms with Crippen molar-refractivity contribution in [2.24, 2.45) is 20.5 Å². The first-order valence-electron chi connectivity index (χ1n) is 15.0. The normalized spacial score (nSPS) is 12.1. The van der Waals surface area contributed by atoms with Crippen LogP contribution in [0.15, 0.2) is 156 Å². The van der Waals surface area contributed by atoms with Gasteiger partial charge in [-0.25, -0.2) is 16.8 Å². The van der Waals surface area contributed by atoms with Crippen molar-refractivity contribution in [1.29, 1.82) is 0 Å². The van der Waals surface area contributed by atoms with E-state index in [0.717, 1.165) is 34.9 Å². The predicted molar refractivity (Wildman–Crippen MR) is 190 cm³/mol. The molecule has 0 aliphatic heterocycles. The minimum Gasteiger partial charge on any atom is -0.744 e. The van der Waals surface area contributed by atoms with Crippen molar-refractivity contribution in [3.63, 3.8) is 0 Å². The molecular formula is C35H25N5Na2O9S3. The first-order chi connectivity index (χ1) is 24.6. The van der Waals surface area contributed by atoms with E-state index in [4.69, 9.17) is 9.92 Å². The Bertz CT molecular complexity index is 2710. The molecule has 19 heteroatoms. The number of anilines is 1. The molecule has 0 saturated carbocycles. The Kier molecular flexibility index (Phi) is 13.7. The number of aryl methyl sites for hydroxylation is 1. The van der Waals surface area contributed by atoms with Gasteiger partial charge in [0.1, 0.15) is 36.6 Å². The molecule has 0 atom stereocenters. The summed E-state index contributed by atoms with van der Waals surface area (Å²) in [6, 6.07) is 30.5. The molecule has 6 aromatic carbocycles. The number of azo groups is 2. The van der Waals surface area contributed by atoms with Crippen molar-refractivity contribution in [2.75, 3.05) is 5.73 Å². The van der Waals surface area contributed by atoms with E-state index in [1.54, 1.807) is 60.7 Å². The van der Waals surface area contributed by atoms with E-state index in [-0.39, 0.29) is 86.2 Å². The number of hydrogen-bond donors (Lipinski definition) is 1. The summed E-state index contributed by atoms with van der Waals surface area (Å²) in [6.45, 7) is 1.85. The number of nitrogen functional groups attached to an aromatic ring is 1. The third-order valence-corrected chi connectivity index (χ3v) is 10.6. The molecule has 0 heterocycles. The van der Waals surface area contributed by atoms with Crippen LogP contribution in [0.2, 0.25) is 0 Å². The molecule has 0 unspecified atom stereocenters.